The van der Waals surface area contributed by atoms with Crippen molar-refractivity contribution in [3.05, 3.63) is 59.7 Å². The van der Waals surface area contributed by atoms with E-state index in [2.05, 4.69) is 21.7 Å². The fourth-order valence-corrected chi connectivity index (χ4v) is 3.37. The van der Waals surface area contributed by atoms with E-state index in [1.807, 2.05) is 18.2 Å². The first-order chi connectivity index (χ1) is 14.0. The summed E-state index contributed by atoms with van der Waals surface area (Å²) in [5, 5.41) is 11.7. The lowest BCUT2D eigenvalue weighted by Gasteiger charge is -2.15. The van der Waals surface area contributed by atoms with Gasteiger partial charge in [0.25, 0.3) is 0 Å². The van der Waals surface area contributed by atoms with Crippen LogP contribution < -0.4 is 20.5 Å². The zero-order chi connectivity index (χ0) is 20.7. The van der Waals surface area contributed by atoms with Gasteiger partial charge in [-0.2, -0.15) is 0 Å². The SMILES string of the molecule is CN=C(NCCc1ccc(S(N)(=O)=O)cc1)NCc1ccccc1OCC1CC1. The lowest BCUT2D eigenvalue weighted by molar-refractivity contribution is 0.296. The number of para-hydroxylation sites is 1. The van der Waals surface area contributed by atoms with E-state index in [9.17, 15) is 8.42 Å². The average Bonchev–Trinajstić information content (AvgIpc) is 3.54. The molecule has 0 atom stereocenters. The van der Waals surface area contributed by atoms with Crippen molar-refractivity contribution < 1.29 is 13.2 Å². The molecule has 7 nitrogen and oxygen atoms in total. The van der Waals surface area contributed by atoms with Crippen LogP contribution >= 0.6 is 0 Å². The van der Waals surface area contributed by atoms with Gasteiger partial charge >= 0.3 is 0 Å². The third-order valence-electron chi connectivity index (χ3n) is 4.77. The molecular formula is C21H28N4O3S. The van der Waals surface area contributed by atoms with Crippen LogP contribution in [-0.2, 0) is 23.0 Å². The Morgan fingerprint density at radius 3 is 2.52 bits per heavy atom. The van der Waals surface area contributed by atoms with E-state index < -0.39 is 10.0 Å². The van der Waals surface area contributed by atoms with Crippen molar-refractivity contribution in [2.45, 2.75) is 30.7 Å². The quantitative estimate of drug-likeness (QED) is 0.428. The summed E-state index contributed by atoms with van der Waals surface area (Å²) >= 11 is 0. The summed E-state index contributed by atoms with van der Waals surface area (Å²) in [6.45, 7) is 2.06. The molecule has 3 rings (SSSR count). The van der Waals surface area contributed by atoms with Crippen LogP contribution in [0.1, 0.15) is 24.0 Å². The second-order valence-corrected chi connectivity index (χ2v) is 8.72. The van der Waals surface area contributed by atoms with Crippen LogP contribution in [0, 0.1) is 5.92 Å². The molecule has 1 aliphatic carbocycles. The van der Waals surface area contributed by atoms with E-state index in [4.69, 9.17) is 9.88 Å². The Morgan fingerprint density at radius 2 is 1.86 bits per heavy atom. The van der Waals surface area contributed by atoms with E-state index in [0.29, 0.717) is 25.0 Å². The second-order valence-electron chi connectivity index (χ2n) is 7.15. The van der Waals surface area contributed by atoms with Gasteiger partial charge in [0.15, 0.2) is 5.96 Å². The number of hydrogen-bond donors (Lipinski definition) is 3. The monoisotopic (exact) mass is 416 g/mol. The van der Waals surface area contributed by atoms with Crippen LogP contribution in [0.5, 0.6) is 5.75 Å². The number of nitrogens with one attached hydrogen (secondary N) is 2. The number of primary sulfonamides is 1. The van der Waals surface area contributed by atoms with Gasteiger partial charge in [0.1, 0.15) is 5.75 Å². The van der Waals surface area contributed by atoms with Crippen molar-refractivity contribution in [3.8, 4) is 5.75 Å². The summed E-state index contributed by atoms with van der Waals surface area (Å²) in [6.07, 6.45) is 3.26. The maximum absolute atomic E-state index is 11.3. The first-order valence-corrected chi connectivity index (χ1v) is 11.3. The topological polar surface area (TPSA) is 106 Å². The molecule has 0 aromatic heterocycles. The predicted molar refractivity (Wildman–Crippen MR) is 114 cm³/mol. The number of sulfonamides is 1. The van der Waals surface area contributed by atoms with Gasteiger partial charge in [0.05, 0.1) is 11.5 Å². The van der Waals surface area contributed by atoms with Crippen molar-refractivity contribution >= 4 is 16.0 Å². The van der Waals surface area contributed by atoms with Gasteiger partial charge in [-0.15, -0.1) is 0 Å². The average molecular weight is 417 g/mol. The molecule has 0 heterocycles. The normalized spacial score (nSPS) is 14.5. The van der Waals surface area contributed by atoms with E-state index in [1.165, 1.54) is 25.0 Å². The lowest BCUT2D eigenvalue weighted by atomic mass is 10.1. The number of nitrogens with two attached hydrogens (primary N) is 1. The fourth-order valence-electron chi connectivity index (χ4n) is 2.85. The third kappa shape index (κ3) is 6.76. The van der Waals surface area contributed by atoms with Gasteiger partial charge in [-0.1, -0.05) is 30.3 Å². The number of benzene rings is 2. The highest BCUT2D eigenvalue weighted by atomic mass is 32.2. The Morgan fingerprint density at radius 1 is 1.14 bits per heavy atom. The van der Waals surface area contributed by atoms with Crippen LogP contribution in [0.4, 0.5) is 0 Å². The van der Waals surface area contributed by atoms with E-state index in [-0.39, 0.29) is 4.90 Å². The molecule has 0 spiro atoms. The Bertz CT molecular complexity index is 939. The Kier molecular flexibility index (Phi) is 7.11. The highest BCUT2D eigenvalue weighted by Gasteiger charge is 2.22. The smallest absolute Gasteiger partial charge is 0.238 e. The van der Waals surface area contributed by atoms with Crippen molar-refractivity contribution in [3.63, 3.8) is 0 Å². The highest BCUT2D eigenvalue weighted by molar-refractivity contribution is 7.89. The van der Waals surface area contributed by atoms with Crippen molar-refractivity contribution in [2.75, 3.05) is 20.2 Å². The first kappa shape index (κ1) is 21.1. The predicted octanol–water partition coefficient (Wildman–Crippen LogP) is 2.03. The molecule has 4 N–H and O–H groups in total. The lowest BCUT2D eigenvalue weighted by Crippen LogP contribution is -2.37. The van der Waals surface area contributed by atoms with E-state index in [0.717, 1.165) is 29.9 Å². The number of ether oxygens (including phenoxy) is 1. The molecule has 0 radical (unpaired) electrons. The Labute approximate surface area is 172 Å². The van der Waals surface area contributed by atoms with Crippen LogP contribution in [0.2, 0.25) is 0 Å². The van der Waals surface area contributed by atoms with Crippen LogP contribution in [0.15, 0.2) is 58.4 Å². The number of rotatable bonds is 9. The van der Waals surface area contributed by atoms with E-state index in [1.54, 1.807) is 19.2 Å². The van der Waals surface area contributed by atoms with Crippen LogP contribution in [-0.4, -0.2) is 34.6 Å². The van der Waals surface area contributed by atoms with Crippen molar-refractivity contribution in [1.82, 2.24) is 10.6 Å². The van der Waals surface area contributed by atoms with Crippen LogP contribution in [0.25, 0.3) is 0 Å². The summed E-state index contributed by atoms with van der Waals surface area (Å²) in [6, 6.07) is 14.6. The van der Waals surface area contributed by atoms with Gasteiger partial charge in [0, 0.05) is 25.7 Å². The fraction of sp³-hybridized carbons (Fsp3) is 0.381. The molecular weight excluding hydrogens is 388 g/mol. The Balaban J connectivity index is 1.46. The second kappa shape index (κ2) is 9.76. The number of hydrogen-bond acceptors (Lipinski definition) is 4. The molecule has 2 aromatic rings. The zero-order valence-electron chi connectivity index (χ0n) is 16.6. The minimum atomic E-state index is -3.66. The maximum atomic E-state index is 11.3. The molecule has 0 saturated heterocycles. The van der Waals surface area contributed by atoms with Gasteiger partial charge < -0.3 is 15.4 Å². The highest BCUT2D eigenvalue weighted by Crippen LogP contribution is 2.30. The largest absolute Gasteiger partial charge is 0.493 e. The molecule has 0 unspecified atom stereocenters. The molecule has 0 amide bonds. The minimum Gasteiger partial charge on any atom is -0.493 e. The maximum Gasteiger partial charge on any atom is 0.238 e. The zero-order valence-corrected chi connectivity index (χ0v) is 17.4. The molecule has 1 aliphatic rings. The van der Waals surface area contributed by atoms with Crippen molar-refractivity contribution in [2.24, 2.45) is 16.0 Å². The first-order valence-electron chi connectivity index (χ1n) is 9.72. The summed E-state index contributed by atoms with van der Waals surface area (Å²) in [7, 11) is -1.93. The third-order valence-corrected chi connectivity index (χ3v) is 5.70. The number of guanidine groups is 1. The standard InChI is InChI=1S/C21H28N4O3S/c1-23-21(24-13-12-16-8-10-19(11-9-16)29(22,26)27)25-14-18-4-2-3-5-20(18)28-15-17-6-7-17/h2-5,8-11,17H,6-7,12-15H2,1H3,(H2,22,26,27)(H2,23,24,25). The molecule has 29 heavy (non-hydrogen) atoms. The summed E-state index contributed by atoms with van der Waals surface area (Å²) in [5.41, 5.74) is 2.11. The summed E-state index contributed by atoms with van der Waals surface area (Å²) < 4.78 is 28.6. The van der Waals surface area contributed by atoms with Gasteiger partial charge in [-0.3, -0.25) is 4.99 Å². The molecule has 2 aromatic carbocycles. The number of nitrogens with zero attached hydrogens (tertiary/aromatic N) is 1. The van der Waals surface area contributed by atoms with Gasteiger partial charge in [-0.25, -0.2) is 13.6 Å². The van der Waals surface area contributed by atoms with Gasteiger partial charge in [-0.05, 0) is 48.9 Å². The van der Waals surface area contributed by atoms with E-state index >= 15 is 0 Å². The minimum absolute atomic E-state index is 0.120. The van der Waals surface area contributed by atoms with Gasteiger partial charge in [0.2, 0.25) is 10.0 Å². The van der Waals surface area contributed by atoms with Crippen molar-refractivity contribution in [1.29, 1.82) is 0 Å². The molecule has 0 aliphatic heterocycles. The summed E-state index contributed by atoms with van der Waals surface area (Å²) in [4.78, 5) is 4.37. The molecule has 1 fully saturated rings. The number of aliphatic imine (C=N–C) groups is 1. The molecule has 156 valence electrons. The molecule has 1 saturated carbocycles. The summed E-state index contributed by atoms with van der Waals surface area (Å²) in [5.74, 6) is 2.32. The molecule has 0 bridgehead atoms. The van der Waals surface area contributed by atoms with Crippen LogP contribution in [0.3, 0.4) is 0 Å². The Hall–Kier alpha value is -2.58. The molecule has 8 heteroatoms.